The monoisotopic (exact) mass is 493 g/mol. The lowest BCUT2D eigenvalue weighted by molar-refractivity contribution is 0.00154. The molecule has 31 heavy (non-hydrogen) atoms. The van der Waals surface area contributed by atoms with E-state index >= 15 is 0 Å². The number of carbonyl (C=O) groups is 1. The molecule has 14 heteroatoms. The summed E-state index contributed by atoms with van der Waals surface area (Å²) in [4.78, 5) is 13.8. The maximum atomic E-state index is 12.3. The van der Waals surface area contributed by atoms with Crippen molar-refractivity contribution in [3.8, 4) is 0 Å². The van der Waals surface area contributed by atoms with E-state index < -0.39 is 31.9 Å². The second kappa shape index (κ2) is 14.9. The first-order valence-electron chi connectivity index (χ1n) is 9.59. The second-order valence-electron chi connectivity index (χ2n) is 7.36. The van der Waals surface area contributed by atoms with Gasteiger partial charge in [-0.25, -0.2) is 4.79 Å². The third-order valence-electron chi connectivity index (χ3n) is 3.08. The highest BCUT2D eigenvalue weighted by molar-refractivity contribution is 7.86. The van der Waals surface area contributed by atoms with E-state index in [4.69, 9.17) is 18.9 Å². The summed E-state index contributed by atoms with van der Waals surface area (Å²) in [6.07, 6.45) is 1.38. The maximum Gasteiger partial charge on any atom is 0.410 e. The molecule has 0 radical (unpaired) electrons. The molecular weight excluding hydrogens is 458 g/mol. The molecule has 0 rings (SSSR count). The summed E-state index contributed by atoms with van der Waals surface area (Å²) < 4.78 is 73.7. The van der Waals surface area contributed by atoms with Crippen LogP contribution in [-0.4, -0.2) is 112 Å². The van der Waals surface area contributed by atoms with Crippen molar-refractivity contribution in [2.75, 3.05) is 78.5 Å². The molecule has 0 aromatic heterocycles. The van der Waals surface area contributed by atoms with Crippen LogP contribution in [0.3, 0.4) is 0 Å². The molecular formula is C17H35NO11S2. The van der Waals surface area contributed by atoms with Crippen molar-refractivity contribution in [3.05, 3.63) is 0 Å². The fourth-order valence-corrected chi connectivity index (χ4v) is 2.62. The first-order chi connectivity index (χ1) is 14.2. The molecule has 0 spiro atoms. The zero-order chi connectivity index (χ0) is 24.0. The van der Waals surface area contributed by atoms with E-state index in [0.717, 1.165) is 12.5 Å². The zero-order valence-electron chi connectivity index (χ0n) is 18.8. The number of hydrogen-bond donors (Lipinski definition) is 0. The van der Waals surface area contributed by atoms with Crippen LogP contribution in [0.25, 0.3) is 0 Å². The lowest BCUT2D eigenvalue weighted by Crippen LogP contribution is -2.40. The summed E-state index contributed by atoms with van der Waals surface area (Å²) in [7, 11) is -7.00. The highest BCUT2D eigenvalue weighted by Crippen LogP contribution is 2.10. The molecule has 0 aromatic carbocycles. The maximum absolute atomic E-state index is 12.3. The zero-order valence-corrected chi connectivity index (χ0v) is 20.5. The van der Waals surface area contributed by atoms with Gasteiger partial charge in [-0.05, 0) is 20.8 Å². The number of nitrogens with zero attached hydrogens (tertiary/aromatic N) is 1. The molecule has 0 N–H and O–H groups in total. The van der Waals surface area contributed by atoms with Crippen molar-refractivity contribution >= 4 is 26.3 Å². The molecule has 0 bridgehead atoms. The smallest absolute Gasteiger partial charge is 0.410 e. The van der Waals surface area contributed by atoms with Crippen LogP contribution < -0.4 is 0 Å². The Morgan fingerprint density at radius 3 is 1.39 bits per heavy atom. The van der Waals surface area contributed by atoms with E-state index in [0.29, 0.717) is 0 Å². The van der Waals surface area contributed by atoms with Gasteiger partial charge in [0.25, 0.3) is 20.2 Å². The largest absolute Gasteiger partial charge is 0.444 e. The van der Waals surface area contributed by atoms with Gasteiger partial charge in [-0.1, -0.05) is 0 Å². The van der Waals surface area contributed by atoms with Crippen LogP contribution in [-0.2, 0) is 47.5 Å². The fourth-order valence-electron chi connectivity index (χ4n) is 1.88. The van der Waals surface area contributed by atoms with Crippen LogP contribution >= 0.6 is 0 Å². The molecule has 0 fully saturated rings. The third-order valence-corrected chi connectivity index (χ3v) is 4.27. The van der Waals surface area contributed by atoms with Gasteiger partial charge in [-0.3, -0.25) is 8.37 Å². The number of carbonyl (C=O) groups excluding carboxylic acids is 1. The molecule has 12 nitrogen and oxygen atoms in total. The Labute approximate surface area is 185 Å². The lowest BCUT2D eigenvalue weighted by Gasteiger charge is -2.27. The number of rotatable bonds is 17. The summed E-state index contributed by atoms with van der Waals surface area (Å²) in [6.45, 7) is 6.60. The first-order valence-corrected chi connectivity index (χ1v) is 13.2. The highest BCUT2D eigenvalue weighted by atomic mass is 32.2. The summed E-state index contributed by atoms with van der Waals surface area (Å²) in [5, 5.41) is 0. The lowest BCUT2D eigenvalue weighted by atomic mass is 10.2. The Morgan fingerprint density at radius 2 is 1.03 bits per heavy atom. The van der Waals surface area contributed by atoms with E-state index in [9.17, 15) is 21.6 Å². The summed E-state index contributed by atoms with van der Waals surface area (Å²) >= 11 is 0. The minimum Gasteiger partial charge on any atom is -0.444 e. The van der Waals surface area contributed by atoms with Gasteiger partial charge in [0, 0.05) is 13.1 Å². The predicted molar refractivity (Wildman–Crippen MR) is 112 cm³/mol. The Kier molecular flexibility index (Phi) is 14.4. The molecule has 0 heterocycles. The van der Waals surface area contributed by atoms with Crippen LogP contribution in [0.15, 0.2) is 0 Å². The summed E-state index contributed by atoms with van der Waals surface area (Å²) in [5.41, 5.74) is -0.664. The minimum absolute atomic E-state index is 0.0616. The van der Waals surface area contributed by atoms with Gasteiger partial charge in [0.1, 0.15) is 5.60 Å². The average Bonchev–Trinajstić information content (AvgIpc) is 2.57. The Morgan fingerprint density at radius 1 is 0.677 bits per heavy atom. The highest BCUT2D eigenvalue weighted by Gasteiger charge is 2.21. The first kappa shape index (κ1) is 30.0. The standard InChI is InChI=1S/C17H35NO11S2/c1-17(2,3)29-16(19)18(7-9-25-12-14-27-30(4,20)21)6-8-24-10-11-26-13-15-28-31(5,22)23/h6-15H2,1-5H3. The minimum atomic E-state index is -3.52. The molecule has 0 aliphatic rings. The molecule has 0 aliphatic heterocycles. The van der Waals surface area contributed by atoms with Gasteiger partial charge in [-0.15, -0.1) is 0 Å². The number of amides is 1. The predicted octanol–water partition coefficient (Wildman–Crippen LogP) is 0.226. The Bertz CT molecular complexity index is 702. The van der Waals surface area contributed by atoms with E-state index in [1.165, 1.54) is 4.90 Å². The van der Waals surface area contributed by atoms with Crippen molar-refractivity contribution < 1.29 is 48.9 Å². The van der Waals surface area contributed by atoms with Gasteiger partial charge in [0.05, 0.1) is 65.4 Å². The van der Waals surface area contributed by atoms with Crippen LogP contribution in [0.2, 0.25) is 0 Å². The van der Waals surface area contributed by atoms with Crippen molar-refractivity contribution in [1.29, 1.82) is 0 Å². The van der Waals surface area contributed by atoms with Crippen molar-refractivity contribution in [3.63, 3.8) is 0 Å². The molecule has 0 aromatic rings. The van der Waals surface area contributed by atoms with Crippen molar-refractivity contribution in [2.24, 2.45) is 0 Å². The van der Waals surface area contributed by atoms with Crippen LogP contribution in [0.5, 0.6) is 0 Å². The molecule has 1 amide bonds. The normalized spacial score (nSPS) is 12.7. The van der Waals surface area contributed by atoms with Gasteiger partial charge >= 0.3 is 6.09 Å². The van der Waals surface area contributed by atoms with Gasteiger partial charge in [0.15, 0.2) is 0 Å². The van der Waals surface area contributed by atoms with E-state index in [1.807, 2.05) is 0 Å². The topological polar surface area (TPSA) is 144 Å². The second-order valence-corrected chi connectivity index (χ2v) is 10.6. The Balaban J connectivity index is 4.16. The van der Waals surface area contributed by atoms with E-state index in [-0.39, 0.29) is 65.9 Å². The molecule has 0 saturated carbocycles. The fraction of sp³-hybridized carbons (Fsp3) is 0.941. The van der Waals surface area contributed by atoms with Gasteiger partial charge < -0.3 is 23.8 Å². The summed E-state index contributed by atoms with van der Waals surface area (Å²) in [5.74, 6) is 0. The molecule has 0 atom stereocenters. The van der Waals surface area contributed by atoms with E-state index in [1.54, 1.807) is 20.8 Å². The average molecular weight is 494 g/mol. The van der Waals surface area contributed by atoms with Gasteiger partial charge in [0.2, 0.25) is 0 Å². The number of ether oxygens (including phenoxy) is 4. The summed E-state index contributed by atoms with van der Waals surface area (Å²) in [6, 6.07) is 0. The molecule has 0 unspecified atom stereocenters. The van der Waals surface area contributed by atoms with E-state index in [2.05, 4.69) is 8.37 Å². The third kappa shape index (κ3) is 22.0. The Hall–Kier alpha value is -1.03. The van der Waals surface area contributed by atoms with Crippen molar-refractivity contribution in [2.45, 2.75) is 26.4 Å². The molecule has 0 aliphatic carbocycles. The van der Waals surface area contributed by atoms with Crippen LogP contribution in [0, 0.1) is 0 Å². The molecule has 186 valence electrons. The number of hydrogen-bond acceptors (Lipinski definition) is 11. The van der Waals surface area contributed by atoms with Crippen molar-refractivity contribution in [1.82, 2.24) is 4.90 Å². The van der Waals surface area contributed by atoms with Gasteiger partial charge in [-0.2, -0.15) is 16.8 Å². The van der Waals surface area contributed by atoms with Crippen LogP contribution in [0.1, 0.15) is 20.8 Å². The van der Waals surface area contributed by atoms with Crippen LogP contribution in [0.4, 0.5) is 4.79 Å². The molecule has 0 saturated heterocycles. The SMILES string of the molecule is CC(C)(C)OC(=O)N(CCOCCOCCOS(C)(=O)=O)CCOCCOS(C)(=O)=O. The quantitative estimate of drug-likeness (QED) is 0.203.